The highest BCUT2D eigenvalue weighted by Gasteiger charge is 2.09. The maximum absolute atomic E-state index is 3.61. The molecule has 0 unspecified atom stereocenters. The molecule has 0 N–H and O–H groups in total. The lowest BCUT2D eigenvalue weighted by Gasteiger charge is -2.26. The highest BCUT2D eigenvalue weighted by Crippen LogP contribution is 2.15. The molecule has 2 atom stereocenters. The quantitative estimate of drug-likeness (QED) is 0.421. The van der Waals surface area contributed by atoms with Gasteiger partial charge in [-0.05, 0) is 12.2 Å². The van der Waals surface area contributed by atoms with Crippen molar-refractivity contribution in [1.29, 1.82) is 0 Å². The minimum Gasteiger partial charge on any atom is -0.358 e. The summed E-state index contributed by atoms with van der Waals surface area (Å²) < 4.78 is 0. The molecule has 0 aromatic rings. The van der Waals surface area contributed by atoms with Crippen molar-refractivity contribution in [2.75, 3.05) is 13.1 Å². The number of alkyl halides is 2. The smallest absolute Gasteiger partial charge is 0.103 e. The topological polar surface area (TPSA) is 6.48 Å². The van der Waals surface area contributed by atoms with Gasteiger partial charge in [0.25, 0.3) is 0 Å². The molecule has 0 spiro atoms. The predicted molar refractivity (Wildman–Crippen MR) is 84.5 cm³/mol. The fourth-order valence-corrected chi connectivity index (χ4v) is 2.69. The fourth-order valence-electron chi connectivity index (χ4n) is 1.73. The first-order valence-electron chi connectivity index (χ1n) is 5.92. The Morgan fingerprint density at radius 1 is 0.778 bits per heavy atom. The minimum absolute atomic E-state index is 0.300. The van der Waals surface area contributed by atoms with E-state index in [1.807, 2.05) is 0 Å². The first-order valence-corrected chi connectivity index (χ1v) is 7.75. The van der Waals surface area contributed by atoms with Crippen LogP contribution in [0.2, 0.25) is 0 Å². The zero-order chi connectivity index (χ0) is 12.8. The molecule has 0 aromatic carbocycles. The van der Waals surface area contributed by atoms with Crippen LogP contribution in [0.3, 0.4) is 0 Å². The van der Waals surface area contributed by atoms with Gasteiger partial charge in [0.1, 0.15) is 9.90 Å². The molecule has 2 rings (SSSR count). The van der Waals surface area contributed by atoms with E-state index < -0.39 is 0 Å². The highest BCUT2D eigenvalue weighted by molar-refractivity contribution is 9.09. The molecule has 2 aliphatic rings. The van der Waals surface area contributed by atoms with Gasteiger partial charge in [-0.15, -0.1) is 0 Å². The van der Waals surface area contributed by atoms with E-state index in [-0.39, 0.29) is 0 Å². The summed E-state index contributed by atoms with van der Waals surface area (Å²) in [5.74, 6) is 0. The zero-order valence-corrected chi connectivity index (χ0v) is 13.2. The molecule has 2 aliphatic heterocycles. The van der Waals surface area contributed by atoms with Crippen LogP contribution >= 0.6 is 31.9 Å². The van der Waals surface area contributed by atoms with Gasteiger partial charge < -0.3 is 9.80 Å². The van der Waals surface area contributed by atoms with Crippen molar-refractivity contribution in [2.45, 2.75) is 9.90 Å². The maximum Gasteiger partial charge on any atom is 0.103 e. The highest BCUT2D eigenvalue weighted by atomic mass is 79.9. The van der Waals surface area contributed by atoms with Gasteiger partial charge in [-0.25, -0.2) is 0 Å². The molecule has 4 heteroatoms. The monoisotopic (exact) mass is 370 g/mol. The van der Waals surface area contributed by atoms with E-state index in [2.05, 4.69) is 103 Å². The Balaban J connectivity index is 1.75. The minimum atomic E-state index is 0.300. The summed E-state index contributed by atoms with van der Waals surface area (Å²) in [6, 6.07) is 0. The van der Waals surface area contributed by atoms with E-state index in [9.17, 15) is 0 Å². The van der Waals surface area contributed by atoms with Crippen molar-refractivity contribution in [1.82, 2.24) is 9.80 Å². The van der Waals surface area contributed by atoms with Crippen molar-refractivity contribution in [3.8, 4) is 0 Å². The summed E-state index contributed by atoms with van der Waals surface area (Å²) in [6.45, 7) is 1.83. The first-order chi connectivity index (χ1) is 8.77. The van der Waals surface area contributed by atoms with Crippen LogP contribution in [0.25, 0.3) is 0 Å². The molecule has 0 fully saturated rings. The lowest BCUT2D eigenvalue weighted by molar-refractivity contribution is 0.424. The van der Waals surface area contributed by atoms with Crippen LogP contribution in [0, 0.1) is 0 Å². The van der Waals surface area contributed by atoms with Crippen LogP contribution in [0.4, 0.5) is 0 Å². The summed E-state index contributed by atoms with van der Waals surface area (Å²) in [4.78, 5) is 5.06. The molecule has 0 aromatic heterocycles. The Kier molecular flexibility index (Phi) is 5.32. The van der Waals surface area contributed by atoms with E-state index >= 15 is 0 Å². The molecule has 0 amide bonds. The lowest BCUT2D eigenvalue weighted by atomic mass is 10.3. The molecular formula is C14H16Br2N2. The standard InChI is InChI=1S/C14H16Br2N2/c15-13-7-1-3-9-17(13)11-5-6-12-18-10-4-2-8-14(18)16/h1-10,13-14H,11-12H2/b6-5+/t13-,14+. The summed E-state index contributed by atoms with van der Waals surface area (Å²) in [7, 11) is 0. The molecule has 2 heterocycles. The molecule has 18 heavy (non-hydrogen) atoms. The van der Waals surface area contributed by atoms with Crippen LogP contribution in [-0.2, 0) is 0 Å². The Hall–Kier alpha value is -0.740. The van der Waals surface area contributed by atoms with Crippen molar-refractivity contribution in [3.05, 3.63) is 61.0 Å². The average molecular weight is 372 g/mol. The molecule has 0 radical (unpaired) electrons. The van der Waals surface area contributed by atoms with Crippen LogP contribution < -0.4 is 0 Å². The Labute approximate surface area is 125 Å². The summed E-state index contributed by atoms with van der Waals surface area (Å²) >= 11 is 7.22. The van der Waals surface area contributed by atoms with Gasteiger partial charge in [-0.1, -0.05) is 68.3 Å². The van der Waals surface area contributed by atoms with Crippen molar-refractivity contribution >= 4 is 31.9 Å². The largest absolute Gasteiger partial charge is 0.358 e. The number of nitrogens with zero attached hydrogens (tertiary/aromatic N) is 2. The number of halogens is 2. The average Bonchev–Trinajstić information content (AvgIpc) is 2.38. The fraction of sp³-hybridized carbons (Fsp3) is 0.286. The van der Waals surface area contributed by atoms with Crippen molar-refractivity contribution < 1.29 is 0 Å². The van der Waals surface area contributed by atoms with Crippen LogP contribution in [0.5, 0.6) is 0 Å². The third kappa shape index (κ3) is 3.89. The van der Waals surface area contributed by atoms with Gasteiger partial charge in [-0.2, -0.15) is 0 Å². The molecule has 2 nitrogen and oxygen atoms in total. The molecule has 0 bridgehead atoms. The van der Waals surface area contributed by atoms with E-state index in [0.717, 1.165) is 13.1 Å². The second-order valence-electron chi connectivity index (χ2n) is 4.06. The summed E-state index contributed by atoms with van der Waals surface area (Å²) in [5.41, 5.74) is 0. The number of allylic oxidation sites excluding steroid dienone is 4. The van der Waals surface area contributed by atoms with E-state index in [1.165, 1.54) is 0 Å². The Bertz CT molecular complexity index is 372. The second kappa shape index (κ2) is 7.00. The SMILES string of the molecule is Br[C@@H]1C=CC=CN1C/C=C/CN1C=CC=C[C@@H]1Br. The third-order valence-corrected chi connectivity index (χ3v) is 4.41. The van der Waals surface area contributed by atoms with Crippen molar-refractivity contribution in [3.63, 3.8) is 0 Å². The number of hydrogen-bond donors (Lipinski definition) is 0. The van der Waals surface area contributed by atoms with E-state index in [0.29, 0.717) is 9.90 Å². The summed E-state index contributed by atoms with van der Waals surface area (Å²) in [6.07, 6.45) is 21.1. The van der Waals surface area contributed by atoms with Gasteiger partial charge in [0.05, 0.1) is 0 Å². The van der Waals surface area contributed by atoms with Gasteiger partial charge in [-0.3, -0.25) is 0 Å². The van der Waals surface area contributed by atoms with Gasteiger partial charge in [0, 0.05) is 25.5 Å². The van der Waals surface area contributed by atoms with E-state index in [4.69, 9.17) is 0 Å². The van der Waals surface area contributed by atoms with Crippen LogP contribution in [0.1, 0.15) is 0 Å². The molecule has 0 aliphatic carbocycles. The molecular weight excluding hydrogens is 356 g/mol. The van der Waals surface area contributed by atoms with Crippen LogP contribution in [-0.4, -0.2) is 32.8 Å². The molecule has 0 saturated carbocycles. The lowest BCUT2D eigenvalue weighted by Crippen LogP contribution is -2.27. The Morgan fingerprint density at radius 3 is 1.61 bits per heavy atom. The van der Waals surface area contributed by atoms with Crippen molar-refractivity contribution in [2.24, 2.45) is 0 Å². The number of hydrogen-bond acceptors (Lipinski definition) is 2. The maximum atomic E-state index is 3.61. The van der Waals surface area contributed by atoms with Gasteiger partial charge in [0.15, 0.2) is 0 Å². The Morgan fingerprint density at radius 2 is 1.22 bits per heavy atom. The number of rotatable bonds is 4. The zero-order valence-electron chi connectivity index (χ0n) is 9.99. The molecule has 0 saturated heterocycles. The first kappa shape index (κ1) is 13.7. The van der Waals surface area contributed by atoms with Crippen LogP contribution in [0.15, 0.2) is 61.0 Å². The normalized spacial score (nSPS) is 26.6. The third-order valence-electron chi connectivity index (χ3n) is 2.75. The molecule has 96 valence electrons. The summed E-state index contributed by atoms with van der Waals surface area (Å²) in [5, 5.41) is 0. The van der Waals surface area contributed by atoms with E-state index in [1.54, 1.807) is 0 Å². The van der Waals surface area contributed by atoms with Gasteiger partial charge in [0.2, 0.25) is 0 Å². The predicted octanol–water partition coefficient (Wildman–Crippen LogP) is 3.76. The second-order valence-corrected chi connectivity index (χ2v) is 5.94. The van der Waals surface area contributed by atoms with Gasteiger partial charge >= 0.3 is 0 Å².